The van der Waals surface area contributed by atoms with Crippen LogP contribution in [-0.2, 0) is 10.2 Å². The minimum atomic E-state index is -0.563. The molecule has 2 aromatic rings. The Labute approximate surface area is 192 Å². The summed E-state index contributed by atoms with van der Waals surface area (Å²) in [6.07, 6.45) is -0.563. The quantitative estimate of drug-likeness (QED) is 0.673. The lowest BCUT2D eigenvalue weighted by atomic mass is 9.86. The van der Waals surface area contributed by atoms with Crippen molar-refractivity contribution in [2.24, 2.45) is 0 Å². The van der Waals surface area contributed by atoms with E-state index in [1.807, 2.05) is 53.4 Å². The zero-order chi connectivity index (χ0) is 23.5. The van der Waals surface area contributed by atoms with E-state index in [2.05, 4.69) is 34.6 Å². The molecular formula is C27H36N2O3. The third kappa shape index (κ3) is 5.70. The van der Waals surface area contributed by atoms with Crippen molar-refractivity contribution >= 4 is 11.8 Å². The van der Waals surface area contributed by atoms with E-state index >= 15 is 0 Å². The molecule has 32 heavy (non-hydrogen) atoms. The van der Waals surface area contributed by atoms with Gasteiger partial charge in [-0.05, 0) is 53.6 Å². The van der Waals surface area contributed by atoms with Gasteiger partial charge in [-0.1, -0.05) is 58.9 Å². The van der Waals surface area contributed by atoms with Gasteiger partial charge in [0.15, 0.2) is 6.10 Å². The molecular weight excluding hydrogens is 400 g/mol. The van der Waals surface area contributed by atoms with Crippen molar-refractivity contribution in [3.05, 3.63) is 65.2 Å². The standard InChI is InChI=1S/C27H36N2O3/c1-19(2)21-9-13-24(14-10-21)32-20(3)25(30)28-15-17-29(18-16-28)26(31)22-7-11-23(12-8-22)27(4,5)6/h7-14,19-20H,15-18H2,1-6H3. The zero-order valence-electron chi connectivity index (χ0n) is 20.2. The maximum atomic E-state index is 12.9. The van der Waals surface area contributed by atoms with E-state index in [1.54, 1.807) is 11.8 Å². The minimum absolute atomic E-state index is 0.0205. The molecule has 172 valence electrons. The molecule has 0 spiro atoms. The van der Waals surface area contributed by atoms with Gasteiger partial charge in [0, 0.05) is 31.7 Å². The first-order valence-electron chi connectivity index (χ1n) is 11.5. The van der Waals surface area contributed by atoms with Crippen molar-refractivity contribution in [1.82, 2.24) is 9.80 Å². The summed E-state index contributed by atoms with van der Waals surface area (Å²) >= 11 is 0. The van der Waals surface area contributed by atoms with Gasteiger partial charge in [-0.25, -0.2) is 0 Å². The predicted octanol–water partition coefficient (Wildman–Crippen LogP) is 4.86. The molecule has 2 aromatic carbocycles. The van der Waals surface area contributed by atoms with E-state index in [0.717, 1.165) is 0 Å². The maximum absolute atomic E-state index is 12.9. The van der Waals surface area contributed by atoms with Crippen molar-refractivity contribution in [1.29, 1.82) is 0 Å². The van der Waals surface area contributed by atoms with Crippen molar-refractivity contribution < 1.29 is 14.3 Å². The molecule has 1 fully saturated rings. The van der Waals surface area contributed by atoms with Crippen LogP contribution in [0.2, 0.25) is 0 Å². The van der Waals surface area contributed by atoms with Gasteiger partial charge in [0.05, 0.1) is 0 Å². The molecule has 0 aromatic heterocycles. The van der Waals surface area contributed by atoms with Gasteiger partial charge in [-0.15, -0.1) is 0 Å². The number of amides is 2. The Hall–Kier alpha value is -2.82. The van der Waals surface area contributed by atoms with Crippen molar-refractivity contribution in [2.75, 3.05) is 26.2 Å². The highest BCUT2D eigenvalue weighted by molar-refractivity contribution is 5.94. The molecule has 1 atom stereocenters. The third-order valence-corrected chi connectivity index (χ3v) is 6.08. The minimum Gasteiger partial charge on any atom is -0.481 e. The smallest absolute Gasteiger partial charge is 0.263 e. The summed E-state index contributed by atoms with van der Waals surface area (Å²) in [5.74, 6) is 1.13. The van der Waals surface area contributed by atoms with E-state index in [1.165, 1.54) is 11.1 Å². The largest absolute Gasteiger partial charge is 0.481 e. The average Bonchev–Trinajstić information content (AvgIpc) is 2.78. The van der Waals surface area contributed by atoms with Crippen LogP contribution >= 0.6 is 0 Å². The summed E-state index contributed by atoms with van der Waals surface area (Å²) < 4.78 is 5.87. The molecule has 1 aliphatic rings. The number of hydrogen-bond acceptors (Lipinski definition) is 3. The van der Waals surface area contributed by atoms with Gasteiger partial charge in [0.1, 0.15) is 5.75 Å². The first-order valence-corrected chi connectivity index (χ1v) is 11.5. The second-order valence-electron chi connectivity index (χ2n) is 9.93. The molecule has 0 N–H and O–H groups in total. The van der Waals surface area contributed by atoms with Crippen LogP contribution in [0.15, 0.2) is 48.5 Å². The molecule has 5 heteroatoms. The number of carbonyl (C=O) groups is 2. The highest BCUT2D eigenvalue weighted by atomic mass is 16.5. The first kappa shape index (κ1) is 23.8. The molecule has 1 unspecified atom stereocenters. The Balaban J connectivity index is 1.53. The second kappa shape index (κ2) is 9.76. The SMILES string of the molecule is CC(Oc1ccc(C(C)C)cc1)C(=O)N1CCN(C(=O)c2ccc(C(C)(C)C)cc2)CC1. The van der Waals surface area contributed by atoms with Crippen LogP contribution in [-0.4, -0.2) is 53.9 Å². The van der Waals surface area contributed by atoms with Crippen LogP contribution < -0.4 is 4.74 Å². The molecule has 3 rings (SSSR count). The van der Waals surface area contributed by atoms with Crippen LogP contribution in [0, 0.1) is 0 Å². The number of hydrogen-bond donors (Lipinski definition) is 0. The van der Waals surface area contributed by atoms with Crippen molar-refractivity contribution in [2.45, 2.75) is 59.0 Å². The Morgan fingerprint density at radius 2 is 1.34 bits per heavy atom. The Bertz CT molecular complexity index is 919. The van der Waals surface area contributed by atoms with Gasteiger partial charge in [-0.3, -0.25) is 9.59 Å². The summed E-state index contributed by atoms with van der Waals surface area (Å²) in [5, 5.41) is 0. The van der Waals surface area contributed by atoms with Crippen LogP contribution in [0.25, 0.3) is 0 Å². The zero-order valence-corrected chi connectivity index (χ0v) is 20.2. The number of benzene rings is 2. The normalized spacial score (nSPS) is 15.6. The van der Waals surface area contributed by atoms with E-state index in [-0.39, 0.29) is 17.2 Å². The molecule has 1 saturated heterocycles. The van der Waals surface area contributed by atoms with Crippen LogP contribution in [0.5, 0.6) is 5.75 Å². The van der Waals surface area contributed by atoms with E-state index < -0.39 is 6.10 Å². The lowest BCUT2D eigenvalue weighted by Crippen LogP contribution is -2.53. The Morgan fingerprint density at radius 3 is 1.84 bits per heavy atom. The summed E-state index contributed by atoms with van der Waals surface area (Å²) in [6, 6.07) is 15.8. The monoisotopic (exact) mass is 436 g/mol. The van der Waals surface area contributed by atoms with Gasteiger partial charge >= 0.3 is 0 Å². The molecule has 1 heterocycles. The van der Waals surface area contributed by atoms with Crippen LogP contribution in [0.3, 0.4) is 0 Å². The van der Waals surface area contributed by atoms with Gasteiger partial charge < -0.3 is 14.5 Å². The molecule has 2 amide bonds. The lowest BCUT2D eigenvalue weighted by Gasteiger charge is -2.36. The molecule has 0 radical (unpaired) electrons. The van der Waals surface area contributed by atoms with Crippen molar-refractivity contribution in [3.63, 3.8) is 0 Å². The highest BCUT2D eigenvalue weighted by Crippen LogP contribution is 2.23. The molecule has 1 aliphatic heterocycles. The Morgan fingerprint density at radius 1 is 0.812 bits per heavy atom. The molecule has 0 saturated carbocycles. The summed E-state index contributed by atoms with van der Waals surface area (Å²) in [4.78, 5) is 29.4. The van der Waals surface area contributed by atoms with E-state index in [0.29, 0.717) is 43.4 Å². The maximum Gasteiger partial charge on any atom is 0.263 e. The topological polar surface area (TPSA) is 49.9 Å². The molecule has 5 nitrogen and oxygen atoms in total. The summed E-state index contributed by atoms with van der Waals surface area (Å²) in [6.45, 7) is 14.6. The predicted molar refractivity (Wildman–Crippen MR) is 128 cm³/mol. The highest BCUT2D eigenvalue weighted by Gasteiger charge is 2.28. The fourth-order valence-corrected chi connectivity index (χ4v) is 3.87. The van der Waals surface area contributed by atoms with Gasteiger partial charge in [0.25, 0.3) is 11.8 Å². The lowest BCUT2D eigenvalue weighted by molar-refractivity contribution is -0.139. The van der Waals surface area contributed by atoms with E-state index in [4.69, 9.17) is 4.74 Å². The van der Waals surface area contributed by atoms with Crippen LogP contribution in [0.1, 0.15) is 68.9 Å². The Kier molecular flexibility index (Phi) is 7.27. The van der Waals surface area contributed by atoms with Gasteiger partial charge in [-0.2, -0.15) is 0 Å². The number of piperazine rings is 1. The fourth-order valence-electron chi connectivity index (χ4n) is 3.87. The van der Waals surface area contributed by atoms with Crippen molar-refractivity contribution in [3.8, 4) is 5.75 Å². The number of rotatable bonds is 5. The number of carbonyl (C=O) groups excluding carboxylic acids is 2. The summed E-state index contributed by atoms with van der Waals surface area (Å²) in [7, 11) is 0. The number of ether oxygens (including phenoxy) is 1. The van der Waals surface area contributed by atoms with Gasteiger partial charge in [0.2, 0.25) is 0 Å². The van der Waals surface area contributed by atoms with Crippen LogP contribution in [0.4, 0.5) is 0 Å². The second-order valence-corrected chi connectivity index (χ2v) is 9.93. The summed E-state index contributed by atoms with van der Waals surface area (Å²) in [5.41, 5.74) is 3.20. The fraction of sp³-hybridized carbons (Fsp3) is 0.481. The molecule has 0 bridgehead atoms. The number of nitrogens with zero attached hydrogens (tertiary/aromatic N) is 2. The first-order chi connectivity index (χ1) is 15.1. The van der Waals surface area contributed by atoms with E-state index in [9.17, 15) is 9.59 Å². The average molecular weight is 437 g/mol. The third-order valence-electron chi connectivity index (χ3n) is 6.08. The molecule has 0 aliphatic carbocycles.